The highest BCUT2D eigenvalue weighted by Crippen LogP contribution is 2.17. The molecule has 82 valence electrons. The molecule has 0 aromatic rings. The number of piperazine rings is 1. The molecule has 1 rings (SSSR count). The summed E-state index contributed by atoms with van der Waals surface area (Å²) in [7, 11) is 0. The largest absolute Gasteiger partial charge is 0.335 e. The summed E-state index contributed by atoms with van der Waals surface area (Å²) in [4.78, 5) is 15.8. The van der Waals surface area contributed by atoms with Gasteiger partial charge in [-0.1, -0.05) is 0 Å². The molecular formula is C11H22N2O. The van der Waals surface area contributed by atoms with Crippen molar-refractivity contribution >= 4 is 5.91 Å². The first-order valence-electron chi connectivity index (χ1n) is 5.46. The van der Waals surface area contributed by atoms with Crippen LogP contribution >= 0.6 is 0 Å². The van der Waals surface area contributed by atoms with Crippen LogP contribution in [0.4, 0.5) is 0 Å². The maximum absolute atomic E-state index is 11.4. The van der Waals surface area contributed by atoms with Crippen LogP contribution in [-0.4, -0.2) is 46.9 Å². The van der Waals surface area contributed by atoms with E-state index in [0.29, 0.717) is 18.1 Å². The summed E-state index contributed by atoms with van der Waals surface area (Å²) in [5.74, 6) is 0.202. The molecule has 2 atom stereocenters. The predicted octanol–water partition coefficient (Wildman–Crippen LogP) is 1.34. The Kier molecular flexibility index (Phi) is 3.53. The van der Waals surface area contributed by atoms with Crippen molar-refractivity contribution in [3.05, 3.63) is 0 Å². The summed E-state index contributed by atoms with van der Waals surface area (Å²) in [5, 5.41) is 0. The van der Waals surface area contributed by atoms with Crippen LogP contribution in [0.1, 0.15) is 34.6 Å². The molecule has 0 N–H and O–H groups in total. The molecule has 1 heterocycles. The number of carbonyl (C=O) groups excluding carboxylic acids is 1. The van der Waals surface area contributed by atoms with Crippen LogP contribution in [0, 0.1) is 0 Å². The van der Waals surface area contributed by atoms with E-state index in [2.05, 4.69) is 32.6 Å². The third kappa shape index (κ3) is 2.27. The van der Waals surface area contributed by atoms with Gasteiger partial charge in [-0.25, -0.2) is 0 Å². The molecule has 1 saturated heterocycles. The molecule has 14 heavy (non-hydrogen) atoms. The van der Waals surface area contributed by atoms with Gasteiger partial charge in [-0.2, -0.15) is 0 Å². The quantitative estimate of drug-likeness (QED) is 0.634. The maximum atomic E-state index is 11.4. The highest BCUT2D eigenvalue weighted by Gasteiger charge is 2.31. The summed E-state index contributed by atoms with van der Waals surface area (Å²) < 4.78 is 0. The van der Waals surface area contributed by atoms with Gasteiger partial charge < -0.3 is 4.90 Å². The normalized spacial score (nSPS) is 29.7. The molecule has 0 unspecified atom stereocenters. The summed E-state index contributed by atoms with van der Waals surface area (Å²) in [6.45, 7) is 12.4. The van der Waals surface area contributed by atoms with Crippen LogP contribution in [0.15, 0.2) is 0 Å². The average molecular weight is 198 g/mol. The average Bonchev–Trinajstić information content (AvgIpc) is 2.01. The smallest absolute Gasteiger partial charge is 0.220 e. The van der Waals surface area contributed by atoms with E-state index in [-0.39, 0.29) is 5.91 Å². The first kappa shape index (κ1) is 11.5. The van der Waals surface area contributed by atoms with Crippen molar-refractivity contribution in [2.45, 2.75) is 52.7 Å². The Morgan fingerprint density at radius 1 is 1.21 bits per heavy atom. The summed E-state index contributed by atoms with van der Waals surface area (Å²) >= 11 is 0. The van der Waals surface area contributed by atoms with Crippen molar-refractivity contribution in [2.75, 3.05) is 13.1 Å². The first-order valence-corrected chi connectivity index (χ1v) is 5.46. The summed E-state index contributed by atoms with van der Waals surface area (Å²) in [5.41, 5.74) is 0. The maximum Gasteiger partial charge on any atom is 0.220 e. The Labute approximate surface area is 87.1 Å². The van der Waals surface area contributed by atoms with Crippen LogP contribution in [0.5, 0.6) is 0 Å². The van der Waals surface area contributed by atoms with Crippen LogP contribution in [0.25, 0.3) is 0 Å². The van der Waals surface area contributed by atoms with E-state index in [0.717, 1.165) is 13.1 Å². The Bertz CT molecular complexity index is 203. The van der Waals surface area contributed by atoms with Crippen LogP contribution in [0.3, 0.4) is 0 Å². The molecule has 0 aliphatic carbocycles. The third-order valence-corrected chi connectivity index (χ3v) is 3.04. The molecule has 1 fully saturated rings. The van der Waals surface area contributed by atoms with Gasteiger partial charge in [0, 0.05) is 38.1 Å². The molecule has 0 spiro atoms. The van der Waals surface area contributed by atoms with Gasteiger partial charge in [-0.15, -0.1) is 0 Å². The molecule has 1 aliphatic heterocycles. The molecule has 1 amide bonds. The molecule has 3 heteroatoms. The van der Waals surface area contributed by atoms with Gasteiger partial charge in [0.1, 0.15) is 0 Å². The van der Waals surface area contributed by atoms with E-state index < -0.39 is 0 Å². The molecular weight excluding hydrogens is 176 g/mol. The second kappa shape index (κ2) is 4.30. The fourth-order valence-electron chi connectivity index (χ4n) is 2.41. The standard InChI is InChI=1S/C11H22N2O/c1-8(2)12-6-9(3)13(11(5)14)10(4)7-12/h8-10H,6-7H2,1-5H3/t9-,10-/m1/s1. The van der Waals surface area contributed by atoms with E-state index >= 15 is 0 Å². The number of hydrogen-bond donors (Lipinski definition) is 0. The number of rotatable bonds is 1. The highest BCUT2D eigenvalue weighted by molar-refractivity contribution is 5.74. The lowest BCUT2D eigenvalue weighted by Gasteiger charge is -2.45. The molecule has 0 bridgehead atoms. The number of nitrogens with zero attached hydrogens (tertiary/aromatic N) is 2. The minimum atomic E-state index is 0.202. The van der Waals surface area contributed by atoms with Crippen molar-refractivity contribution in [1.82, 2.24) is 9.80 Å². The lowest BCUT2D eigenvalue weighted by Crippen LogP contribution is -2.59. The SMILES string of the molecule is CC(=O)N1[C@H](C)CN(C(C)C)C[C@H]1C. The van der Waals surface area contributed by atoms with Gasteiger partial charge >= 0.3 is 0 Å². The fourth-order valence-corrected chi connectivity index (χ4v) is 2.41. The van der Waals surface area contributed by atoms with E-state index in [4.69, 9.17) is 0 Å². The Morgan fingerprint density at radius 2 is 1.64 bits per heavy atom. The lowest BCUT2D eigenvalue weighted by atomic mass is 10.1. The van der Waals surface area contributed by atoms with Gasteiger partial charge in [-0.3, -0.25) is 9.69 Å². The van der Waals surface area contributed by atoms with Crippen molar-refractivity contribution in [2.24, 2.45) is 0 Å². The van der Waals surface area contributed by atoms with E-state index in [9.17, 15) is 4.79 Å². The third-order valence-electron chi connectivity index (χ3n) is 3.04. The minimum absolute atomic E-state index is 0.202. The fraction of sp³-hybridized carbons (Fsp3) is 0.909. The molecule has 0 aromatic heterocycles. The zero-order chi connectivity index (χ0) is 10.9. The number of amides is 1. The zero-order valence-electron chi connectivity index (χ0n) is 9.95. The predicted molar refractivity (Wildman–Crippen MR) is 58.2 cm³/mol. The van der Waals surface area contributed by atoms with Gasteiger partial charge in [-0.05, 0) is 27.7 Å². The van der Waals surface area contributed by atoms with Crippen molar-refractivity contribution < 1.29 is 4.79 Å². The van der Waals surface area contributed by atoms with Gasteiger partial charge in [0.15, 0.2) is 0 Å². The monoisotopic (exact) mass is 198 g/mol. The van der Waals surface area contributed by atoms with Crippen molar-refractivity contribution in [3.63, 3.8) is 0 Å². The number of hydrogen-bond acceptors (Lipinski definition) is 2. The Morgan fingerprint density at radius 3 is 1.93 bits per heavy atom. The molecule has 0 saturated carbocycles. The van der Waals surface area contributed by atoms with Gasteiger partial charge in [0.25, 0.3) is 0 Å². The summed E-state index contributed by atoms with van der Waals surface area (Å²) in [6, 6.07) is 1.27. The van der Waals surface area contributed by atoms with Crippen LogP contribution < -0.4 is 0 Å². The second-order valence-corrected chi connectivity index (χ2v) is 4.67. The summed E-state index contributed by atoms with van der Waals surface area (Å²) in [6.07, 6.45) is 0. The van der Waals surface area contributed by atoms with Crippen molar-refractivity contribution in [1.29, 1.82) is 0 Å². The first-order chi connectivity index (χ1) is 6.43. The Hall–Kier alpha value is -0.570. The van der Waals surface area contributed by atoms with E-state index in [1.165, 1.54) is 0 Å². The molecule has 1 aliphatic rings. The van der Waals surface area contributed by atoms with Crippen LogP contribution in [-0.2, 0) is 4.79 Å². The second-order valence-electron chi connectivity index (χ2n) is 4.67. The minimum Gasteiger partial charge on any atom is -0.335 e. The van der Waals surface area contributed by atoms with Crippen LogP contribution in [0.2, 0.25) is 0 Å². The van der Waals surface area contributed by atoms with E-state index in [1.807, 2.05) is 4.90 Å². The van der Waals surface area contributed by atoms with E-state index in [1.54, 1.807) is 6.92 Å². The molecule has 0 radical (unpaired) electrons. The number of carbonyl (C=O) groups is 1. The lowest BCUT2D eigenvalue weighted by molar-refractivity contribution is -0.137. The van der Waals surface area contributed by atoms with Gasteiger partial charge in [0.05, 0.1) is 0 Å². The molecule has 0 aromatic carbocycles. The van der Waals surface area contributed by atoms with Gasteiger partial charge in [0.2, 0.25) is 5.91 Å². The topological polar surface area (TPSA) is 23.6 Å². The van der Waals surface area contributed by atoms with Crippen molar-refractivity contribution in [3.8, 4) is 0 Å². The molecule has 3 nitrogen and oxygen atoms in total. The Balaban J connectivity index is 2.68. The highest BCUT2D eigenvalue weighted by atomic mass is 16.2. The zero-order valence-corrected chi connectivity index (χ0v) is 9.95.